The average molecular weight is 253 g/mol. The van der Waals surface area contributed by atoms with Crippen LogP contribution in [-0.4, -0.2) is 9.97 Å². The molecule has 3 heteroatoms. The highest BCUT2D eigenvalue weighted by atomic mass is 14.9. The van der Waals surface area contributed by atoms with Gasteiger partial charge >= 0.3 is 0 Å². The molecule has 19 heavy (non-hydrogen) atoms. The largest absolute Gasteiger partial charge is 0.325 e. The lowest BCUT2D eigenvalue weighted by Crippen LogP contribution is -2.15. The van der Waals surface area contributed by atoms with Crippen molar-refractivity contribution in [3.8, 4) is 0 Å². The van der Waals surface area contributed by atoms with Gasteiger partial charge in [-0.25, -0.2) is 9.97 Å². The predicted molar refractivity (Wildman–Crippen MR) is 75.9 cm³/mol. The predicted octanol–water partition coefficient (Wildman–Crippen LogP) is 2.71. The van der Waals surface area contributed by atoms with E-state index < -0.39 is 0 Å². The van der Waals surface area contributed by atoms with Crippen molar-refractivity contribution in [2.45, 2.75) is 38.6 Å². The van der Waals surface area contributed by atoms with Gasteiger partial charge < -0.3 is 5.73 Å². The van der Waals surface area contributed by atoms with Gasteiger partial charge in [0.05, 0.1) is 5.69 Å². The van der Waals surface area contributed by atoms with Gasteiger partial charge in [0, 0.05) is 18.2 Å². The highest BCUT2D eigenvalue weighted by Gasteiger charge is 2.23. The van der Waals surface area contributed by atoms with Gasteiger partial charge in [0.25, 0.3) is 0 Å². The van der Waals surface area contributed by atoms with Crippen molar-refractivity contribution in [1.82, 2.24) is 9.97 Å². The number of hydrogen-bond acceptors (Lipinski definition) is 3. The molecule has 98 valence electrons. The Morgan fingerprint density at radius 2 is 2.11 bits per heavy atom. The average Bonchev–Trinajstić information content (AvgIpc) is 2.46. The molecular weight excluding hydrogens is 234 g/mol. The van der Waals surface area contributed by atoms with Crippen molar-refractivity contribution < 1.29 is 0 Å². The molecule has 1 atom stereocenters. The Hall–Kier alpha value is -1.74. The van der Waals surface area contributed by atoms with E-state index in [9.17, 15) is 0 Å². The lowest BCUT2D eigenvalue weighted by Gasteiger charge is -2.24. The van der Waals surface area contributed by atoms with Crippen LogP contribution in [0.1, 0.15) is 47.1 Å². The van der Waals surface area contributed by atoms with E-state index in [1.807, 2.05) is 13.0 Å². The van der Waals surface area contributed by atoms with Crippen molar-refractivity contribution in [2.75, 3.05) is 0 Å². The van der Waals surface area contributed by atoms with Crippen LogP contribution in [0.5, 0.6) is 0 Å². The number of fused-ring (bicyclic) bond motifs is 1. The molecule has 2 aromatic rings. The van der Waals surface area contributed by atoms with Crippen LogP contribution in [0.15, 0.2) is 30.3 Å². The molecule has 0 saturated carbocycles. The molecule has 0 bridgehead atoms. The first-order valence-corrected chi connectivity index (χ1v) is 6.90. The van der Waals surface area contributed by atoms with E-state index in [1.165, 1.54) is 24.0 Å². The van der Waals surface area contributed by atoms with Gasteiger partial charge in [-0.1, -0.05) is 24.3 Å². The van der Waals surface area contributed by atoms with Crippen molar-refractivity contribution in [2.24, 2.45) is 5.73 Å². The summed E-state index contributed by atoms with van der Waals surface area (Å²) in [5.74, 6) is 1.27. The van der Waals surface area contributed by atoms with Crippen LogP contribution in [0.3, 0.4) is 0 Å². The number of rotatable bonds is 2. The first-order chi connectivity index (χ1) is 9.28. The summed E-state index contributed by atoms with van der Waals surface area (Å²) >= 11 is 0. The van der Waals surface area contributed by atoms with Gasteiger partial charge in [-0.05, 0) is 43.4 Å². The monoisotopic (exact) mass is 253 g/mol. The molecule has 1 aliphatic carbocycles. The maximum Gasteiger partial charge on any atom is 0.136 e. The second-order valence-corrected chi connectivity index (χ2v) is 5.21. The van der Waals surface area contributed by atoms with Crippen LogP contribution >= 0.6 is 0 Å². The van der Waals surface area contributed by atoms with Crippen LogP contribution in [-0.2, 0) is 13.0 Å². The normalized spacial score (nSPS) is 18.1. The van der Waals surface area contributed by atoms with Crippen LogP contribution in [0.4, 0.5) is 0 Å². The lowest BCUT2D eigenvalue weighted by molar-refractivity contribution is 0.585. The minimum Gasteiger partial charge on any atom is -0.325 e. The molecule has 1 unspecified atom stereocenters. The fourth-order valence-corrected chi connectivity index (χ4v) is 2.94. The van der Waals surface area contributed by atoms with Gasteiger partial charge in [0.2, 0.25) is 0 Å². The molecule has 0 spiro atoms. The topological polar surface area (TPSA) is 51.8 Å². The van der Waals surface area contributed by atoms with E-state index in [4.69, 9.17) is 5.73 Å². The molecule has 0 amide bonds. The molecule has 0 radical (unpaired) electrons. The zero-order valence-electron chi connectivity index (χ0n) is 11.3. The summed E-state index contributed by atoms with van der Waals surface area (Å²) in [5.41, 5.74) is 10.5. The molecule has 2 N–H and O–H groups in total. The van der Waals surface area contributed by atoms with Gasteiger partial charge in [0.1, 0.15) is 5.82 Å². The summed E-state index contributed by atoms with van der Waals surface area (Å²) in [6, 6.07) is 10.6. The summed E-state index contributed by atoms with van der Waals surface area (Å²) in [6.45, 7) is 2.49. The number of hydrogen-bond donors (Lipinski definition) is 1. The van der Waals surface area contributed by atoms with Crippen LogP contribution in [0.25, 0.3) is 0 Å². The number of nitrogens with zero attached hydrogens (tertiary/aromatic N) is 2. The van der Waals surface area contributed by atoms with E-state index in [1.54, 1.807) is 0 Å². The molecule has 1 aromatic carbocycles. The van der Waals surface area contributed by atoms with Crippen molar-refractivity contribution in [1.29, 1.82) is 0 Å². The maximum absolute atomic E-state index is 5.72. The second kappa shape index (κ2) is 5.10. The van der Waals surface area contributed by atoms with E-state index in [0.717, 1.165) is 23.6 Å². The molecule has 3 rings (SSSR count). The van der Waals surface area contributed by atoms with E-state index >= 15 is 0 Å². The Labute approximate surface area is 113 Å². The third kappa shape index (κ3) is 2.38. The Morgan fingerprint density at radius 3 is 2.95 bits per heavy atom. The fraction of sp³-hybridized carbons (Fsp3) is 0.375. The van der Waals surface area contributed by atoms with E-state index in [0.29, 0.717) is 12.5 Å². The summed E-state index contributed by atoms with van der Waals surface area (Å²) in [4.78, 5) is 9.28. The van der Waals surface area contributed by atoms with Gasteiger partial charge in [-0.15, -0.1) is 0 Å². The molecule has 0 aliphatic heterocycles. The zero-order valence-corrected chi connectivity index (χ0v) is 11.3. The van der Waals surface area contributed by atoms with Gasteiger partial charge in [-0.2, -0.15) is 0 Å². The lowest BCUT2D eigenvalue weighted by atomic mass is 9.82. The minimum absolute atomic E-state index is 0.329. The molecule has 0 fully saturated rings. The SMILES string of the molecule is Cc1cc(CN)nc(C2CCCc3ccccc32)n1. The smallest absolute Gasteiger partial charge is 0.136 e. The minimum atomic E-state index is 0.329. The van der Waals surface area contributed by atoms with E-state index in [-0.39, 0.29) is 0 Å². The third-order valence-electron chi connectivity index (χ3n) is 3.81. The van der Waals surface area contributed by atoms with Crippen LogP contribution in [0, 0.1) is 6.92 Å². The molecule has 1 aromatic heterocycles. The van der Waals surface area contributed by atoms with Crippen molar-refractivity contribution >= 4 is 0 Å². The Bertz CT molecular complexity index is 592. The number of benzene rings is 1. The zero-order chi connectivity index (χ0) is 13.2. The Balaban J connectivity index is 2.06. The highest BCUT2D eigenvalue weighted by Crippen LogP contribution is 2.34. The van der Waals surface area contributed by atoms with Crippen molar-refractivity contribution in [3.63, 3.8) is 0 Å². The number of aromatic nitrogens is 2. The van der Waals surface area contributed by atoms with E-state index in [2.05, 4.69) is 34.2 Å². The summed E-state index contributed by atoms with van der Waals surface area (Å²) in [6.07, 6.45) is 3.50. The Morgan fingerprint density at radius 1 is 1.26 bits per heavy atom. The molecule has 1 heterocycles. The van der Waals surface area contributed by atoms with Crippen LogP contribution in [0.2, 0.25) is 0 Å². The third-order valence-corrected chi connectivity index (χ3v) is 3.81. The van der Waals surface area contributed by atoms with Gasteiger partial charge in [-0.3, -0.25) is 0 Å². The summed E-state index contributed by atoms with van der Waals surface area (Å²) < 4.78 is 0. The quantitative estimate of drug-likeness (QED) is 0.895. The molecule has 0 saturated heterocycles. The maximum atomic E-state index is 5.72. The van der Waals surface area contributed by atoms with Crippen LogP contribution < -0.4 is 5.73 Å². The molecule has 3 nitrogen and oxygen atoms in total. The highest BCUT2D eigenvalue weighted by molar-refractivity contribution is 5.36. The molecular formula is C16H19N3. The number of nitrogens with two attached hydrogens (primary N) is 1. The fourth-order valence-electron chi connectivity index (χ4n) is 2.94. The van der Waals surface area contributed by atoms with Crippen molar-refractivity contribution in [3.05, 3.63) is 58.7 Å². The van der Waals surface area contributed by atoms with Gasteiger partial charge in [0.15, 0.2) is 0 Å². The summed E-state index contributed by atoms with van der Waals surface area (Å²) in [5, 5.41) is 0. The molecule has 1 aliphatic rings. The second-order valence-electron chi connectivity index (χ2n) is 5.21. The first kappa shape index (κ1) is 12.3. The Kier molecular flexibility index (Phi) is 3.30. The first-order valence-electron chi connectivity index (χ1n) is 6.90. The number of aryl methyl sites for hydroxylation is 2. The summed E-state index contributed by atoms with van der Waals surface area (Å²) in [7, 11) is 0. The standard InChI is InChI=1S/C16H19N3/c1-11-9-13(10-17)19-16(18-11)15-8-4-6-12-5-2-3-7-14(12)15/h2-3,5,7,9,15H,4,6,8,10,17H2,1H3.